The maximum absolute atomic E-state index is 12.5. The molecule has 0 unspecified atom stereocenters. The first-order chi connectivity index (χ1) is 11.8. The Labute approximate surface area is 146 Å². The highest BCUT2D eigenvalue weighted by Gasteiger charge is 2.54. The van der Waals surface area contributed by atoms with Crippen molar-refractivity contribution in [2.24, 2.45) is 0 Å². The first-order valence-corrected chi connectivity index (χ1v) is 8.45. The highest BCUT2D eigenvalue weighted by atomic mass is 16.7. The number of aromatic nitrogens is 3. The van der Waals surface area contributed by atoms with Crippen molar-refractivity contribution >= 4 is 18.5 Å². The van der Waals surface area contributed by atoms with Gasteiger partial charge in [-0.1, -0.05) is 0 Å². The van der Waals surface area contributed by atoms with Gasteiger partial charge in [-0.3, -0.25) is 14.5 Å². The van der Waals surface area contributed by atoms with Crippen LogP contribution in [0.5, 0.6) is 0 Å². The van der Waals surface area contributed by atoms with Crippen molar-refractivity contribution in [1.82, 2.24) is 20.1 Å². The van der Waals surface area contributed by atoms with E-state index in [1.54, 1.807) is 17.1 Å². The van der Waals surface area contributed by atoms with Crippen molar-refractivity contribution in [3.8, 4) is 11.3 Å². The molecule has 0 aliphatic carbocycles. The van der Waals surface area contributed by atoms with Crippen LogP contribution in [0.25, 0.3) is 11.3 Å². The zero-order chi connectivity index (χ0) is 17.8. The molecule has 4 heterocycles. The lowest BCUT2D eigenvalue weighted by molar-refractivity contribution is 0.00578. The quantitative estimate of drug-likeness (QED) is 0.825. The number of pyridine rings is 1. The summed E-state index contributed by atoms with van der Waals surface area (Å²) < 4.78 is 14.2. The zero-order valence-corrected chi connectivity index (χ0v) is 14.9. The van der Waals surface area contributed by atoms with Gasteiger partial charge in [0.05, 0.1) is 23.4 Å². The van der Waals surface area contributed by atoms with Gasteiger partial charge in [-0.05, 0) is 39.8 Å². The number of fused-ring (bicyclic) bond motifs is 1. The molecular formula is C17H21BN4O3. The molecule has 2 aromatic rings. The fraction of sp³-hybridized carbons (Fsp3) is 0.471. The highest BCUT2D eigenvalue weighted by molar-refractivity contribution is 6.65. The fourth-order valence-electron chi connectivity index (χ4n) is 3.14. The molecule has 0 spiro atoms. The summed E-state index contributed by atoms with van der Waals surface area (Å²) in [5, 5.41) is 7.56. The van der Waals surface area contributed by atoms with Gasteiger partial charge in [-0.2, -0.15) is 5.10 Å². The Balaban J connectivity index is 1.89. The van der Waals surface area contributed by atoms with Gasteiger partial charge >= 0.3 is 7.12 Å². The van der Waals surface area contributed by atoms with Gasteiger partial charge in [0.1, 0.15) is 5.69 Å². The van der Waals surface area contributed by atoms with E-state index in [4.69, 9.17) is 9.31 Å². The molecule has 1 saturated heterocycles. The van der Waals surface area contributed by atoms with Gasteiger partial charge in [0.25, 0.3) is 5.91 Å². The van der Waals surface area contributed by atoms with Crippen LogP contribution >= 0.6 is 0 Å². The third-order valence-electron chi connectivity index (χ3n) is 5.26. The number of amides is 1. The monoisotopic (exact) mass is 340 g/mol. The number of carbonyl (C=O) groups is 1. The van der Waals surface area contributed by atoms with Crippen LogP contribution in [0.2, 0.25) is 0 Å². The minimum atomic E-state index is -0.652. The average molecular weight is 340 g/mol. The molecule has 4 rings (SSSR count). The molecule has 0 saturated carbocycles. The predicted octanol–water partition coefficient (Wildman–Crippen LogP) is 0.988. The summed E-state index contributed by atoms with van der Waals surface area (Å²) in [7, 11) is -0.652. The highest BCUT2D eigenvalue weighted by Crippen LogP contribution is 2.37. The largest absolute Gasteiger partial charge is 0.499 e. The molecule has 8 heteroatoms. The molecule has 0 radical (unpaired) electrons. The fourth-order valence-corrected chi connectivity index (χ4v) is 3.14. The van der Waals surface area contributed by atoms with Crippen LogP contribution in [-0.2, 0) is 15.9 Å². The van der Waals surface area contributed by atoms with Crippen LogP contribution < -0.4 is 10.8 Å². The van der Waals surface area contributed by atoms with Gasteiger partial charge in [-0.25, -0.2) is 0 Å². The Kier molecular flexibility index (Phi) is 3.52. The molecule has 1 fully saturated rings. The lowest BCUT2D eigenvalue weighted by Crippen LogP contribution is -2.44. The Morgan fingerprint density at radius 3 is 2.44 bits per heavy atom. The van der Waals surface area contributed by atoms with Crippen LogP contribution in [0.1, 0.15) is 38.2 Å². The van der Waals surface area contributed by atoms with E-state index in [1.165, 1.54) is 0 Å². The first kappa shape index (κ1) is 16.3. The van der Waals surface area contributed by atoms with E-state index in [1.807, 2.05) is 39.8 Å². The summed E-state index contributed by atoms with van der Waals surface area (Å²) in [5.41, 5.74) is 1.79. The molecule has 0 aromatic carbocycles. The lowest BCUT2D eigenvalue weighted by atomic mass is 9.75. The summed E-state index contributed by atoms with van der Waals surface area (Å²) in [6.07, 6.45) is 3.42. The third-order valence-corrected chi connectivity index (χ3v) is 5.26. The van der Waals surface area contributed by atoms with Gasteiger partial charge < -0.3 is 14.6 Å². The maximum Gasteiger partial charge on any atom is 0.499 e. The van der Waals surface area contributed by atoms with Crippen molar-refractivity contribution in [2.75, 3.05) is 6.54 Å². The molecule has 1 N–H and O–H groups in total. The molecule has 25 heavy (non-hydrogen) atoms. The van der Waals surface area contributed by atoms with Gasteiger partial charge in [0.2, 0.25) is 0 Å². The first-order valence-electron chi connectivity index (χ1n) is 8.45. The Morgan fingerprint density at radius 1 is 1.16 bits per heavy atom. The number of hydrogen-bond donors (Lipinski definition) is 1. The standard InChI is InChI=1S/C17H21BN4O3/c1-16(2)17(3,4)25-18(24-16)12-13(11-5-7-19-8-6-11)21-22-10-9-20-15(23)14(12)22/h5-8H,9-10H2,1-4H3,(H,20,23). The van der Waals surface area contributed by atoms with Gasteiger partial charge in [0.15, 0.2) is 0 Å². The number of hydrogen-bond acceptors (Lipinski definition) is 5. The second kappa shape index (κ2) is 5.41. The molecular weight excluding hydrogens is 319 g/mol. The number of carbonyl (C=O) groups excluding carboxylic acids is 1. The summed E-state index contributed by atoms with van der Waals surface area (Å²) in [6.45, 7) is 9.17. The molecule has 0 bridgehead atoms. The molecule has 130 valence electrons. The van der Waals surface area contributed by atoms with Crippen molar-refractivity contribution in [3.63, 3.8) is 0 Å². The van der Waals surface area contributed by atoms with Crippen molar-refractivity contribution in [2.45, 2.75) is 45.4 Å². The summed E-state index contributed by atoms with van der Waals surface area (Å²) in [4.78, 5) is 16.6. The van der Waals surface area contributed by atoms with E-state index in [0.29, 0.717) is 29.9 Å². The van der Waals surface area contributed by atoms with E-state index >= 15 is 0 Å². The Hall–Kier alpha value is -2.19. The SMILES string of the molecule is CC1(C)OB(c2c(-c3ccncc3)nn3c2C(=O)NCC3)OC1(C)C. The van der Waals surface area contributed by atoms with Crippen molar-refractivity contribution in [3.05, 3.63) is 30.2 Å². The Morgan fingerprint density at radius 2 is 1.80 bits per heavy atom. The Bertz CT molecular complexity index is 816. The summed E-state index contributed by atoms with van der Waals surface area (Å²) >= 11 is 0. The number of nitrogens with zero attached hydrogens (tertiary/aromatic N) is 3. The lowest BCUT2D eigenvalue weighted by Gasteiger charge is -2.32. The molecule has 7 nitrogen and oxygen atoms in total. The van der Waals surface area contributed by atoms with Crippen LogP contribution in [-0.4, -0.2) is 45.5 Å². The molecule has 2 aromatic heterocycles. The van der Waals surface area contributed by atoms with E-state index in [0.717, 1.165) is 5.56 Å². The average Bonchev–Trinajstić information content (AvgIpc) is 3.04. The summed E-state index contributed by atoms with van der Waals surface area (Å²) in [5.74, 6) is -0.149. The summed E-state index contributed by atoms with van der Waals surface area (Å²) in [6, 6.07) is 3.75. The van der Waals surface area contributed by atoms with Gasteiger partial charge in [-0.15, -0.1) is 0 Å². The van der Waals surface area contributed by atoms with Crippen molar-refractivity contribution < 1.29 is 14.1 Å². The minimum Gasteiger partial charge on any atom is -0.399 e. The second-order valence-electron chi connectivity index (χ2n) is 7.41. The third kappa shape index (κ3) is 2.48. The maximum atomic E-state index is 12.5. The molecule has 2 aliphatic heterocycles. The topological polar surface area (TPSA) is 78.3 Å². The van der Waals surface area contributed by atoms with Crippen LogP contribution in [0.3, 0.4) is 0 Å². The van der Waals surface area contributed by atoms with Crippen LogP contribution in [0.4, 0.5) is 0 Å². The second-order valence-corrected chi connectivity index (χ2v) is 7.41. The molecule has 1 amide bonds. The number of nitrogens with one attached hydrogen (secondary N) is 1. The van der Waals surface area contributed by atoms with Gasteiger partial charge in [0, 0.05) is 30.0 Å². The normalized spacial score (nSPS) is 21.1. The van der Waals surface area contributed by atoms with E-state index in [-0.39, 0.29) is 5.91 Å². The zero-order valence-electron chi connectivity index (χ0n) is 14.9. The smallest absolute Gasteiger partial charge is 0.399 e. The van der Waals surface area contributed by atoms with E-state index in [9.17, 15) is 4.79 Å². The molecule has 0 atom stereocenters. The molecule has 2 aliphatic rings. The minimum absolute atomic E-state index is 0.149. The van der Waals surface area contributed by atoms with Crippen LogP contribution in [0.15, 0.2) is 24.5 Å². The van der Waals surface area contributed by atoms with Crippen molar-refractivity contribution in [1.29, 1.82) is 0 Å². The van der Waals surface area contributed by atoms with Crippen LogP contribution in [0, 0.1) is 0 Å². The van der Waals surface area contributed by atoms with E-state index in [2.05, 4.69) is 15.4 Å². The van der Waals surface area contributed by atoms with E-state index < -0.39 is 18.3 Å². The predicted molar refractivity (Wildman–Crippen MR) is 93.5 cm³/mol. The number of rotatable bonds is 2.